The zero-order valence-corrected chi connectivity index (χ0v) is 20.4. The summed E-state index contributed by atoms with van der Waals surface area (Å²) in [6, 6.07) is 22.0. The van der Waals surface area contributed by atoms with Gasteiger partial charge in [0.05, 0.1) is 17.6 Å². The van der Waals surface area contributed by atoms with Crippen molar-refractivity contribution < 1.29 is 4.79 Å². The molecule has 0 spiro atoms. The summed E-state index contributed by atoms with van der Waals surface area (Å²) in [4.78, 5) is 21.8. The summed E-state index contributed by atoms with van der Waals surface area (Å²) in [5, 5.41) is 9.25. The lowest BCUT2D eigenvalue weighted by atomic mass is 9.76. The highest BCUT2D eigenvalue weighted by Gasteiger charge is 2.48. The summed E-state index contributed by atoms with van der Waals surface area (Å²) < 4.78 is 0. The maximum atomic E-state index is 13.5. The van der Waals surface area contributed by atoms with Gasteiger partial charge in [-0.05, 0) is 53.3 Å². The minimum atomic E-state index is -0.841. The van der Waals surface area contributed by atoms with Crippen LogP contribution in [0.4, 0.5) is 0 Å². The zero-order valence-electron chi connectivity index (χ0n) is 19.6. The van der Waals surface area contributed by atoms with Crippen LogP contribution < -0.4 is 5.73 Å². The molecular weight excluding hydrogens is 428 g/mol. The Morgan fingerprint density at radius 2 is 1.82 bits per heavy atom. The third-order valence-electron chi connectivity index (χ3n) is 6.32. The largest absolute Gasteiger partial charge is 0.369 e. The van der Waals surface area contributed by atoms with Crippen molar-refractivity contribution in [2.24, 2.45) is 10.7 Å². The van der Waals surface area contributed by atoms with Crippen LogP contribution in [-0.2, 0) is 15.7 Å². The molecule has 0 aliphatic carbocycles. The molecule has 2 N–H and O–H groups in total. The number of aliphatic imine (C=N–C) groups is 1. The Balaban J connectivity index is 1.81. The average molecular weight is 457 g/mol. The van der Waals surface area contributed by atoms with E-state index in [-0.39, 0.29) is 17.3 Å². The number of guanidine groups is 1. The van der Waals surface area contributed by atoms with Crippen molar-refractivity contribution in [3.63, 3.8) is 0 Å². The Hall–Kier alpha value is -3.43. The monoisotopic (exact) mass is 456 g/mol. The van der Waals surface area contributed by atoms with Crippen molar-refractivity contribution in [1.82, 2.24) is 4.90 Å². The lowest BCUT2D eigenvalue weighted by Crippen LogP contribution is -2.52. The maximum Gasteiger partial charge on any atom is 0.239 e. The molecule has 0 saturated heterocycles. The number of carbonyl (C=O) groups excluding carboxylic acids is 1. The van der Waals surface area contributed by atoms with E-state index in [1.807, 2.05) is 49.4 Å². The Kier molecular flexibility index (Phi) is 5.63. The molecule has 1 aromatic heterocycles. The second-order valence-electron chi connectivity index (χ2n) is 9.68. The highest BCUT2D eigenvalue weighted by atomic mass is 32.1. The van der Waals surface area contributed by atoms with Crippen LogP contribution in [0, 0.1) is 11.3 Å². The smallest absolute Gasteiger partial charge is 0.239 e. The van der Waals surface area contributed by atoms with E-state index in [9.17, 15) is 10.1 Å². The molecule has 6 heteroatoms. The first-order valence-electron chi connectivity index (χ1n) is 10.9. The molecule has 5 nitrogen and oxygen atoms in total. The molecule has 2 aromatic carbocycles. The predicted octanol–water partition coefficient (Wildman–Crippen LogP) is 5.37. The van der Waals surface area contributed by atoms with Gasteiger partial charge in [0.25, 0.3) is 0 Å². The predicted molar refractivity (Wildman–Crippen MR) is 134 cm³/mol. The van der Waals surface area contributed by atoms with Gasteiger partial charge in [0.2, 0.25) is 5.91 Å². The number of likely N-dealkylation sites (N-methyl/N-ethyl adjacent to an activating group) is 1. The van der Waals surface area contributed by atoms with Crippen LogP contribution in [0.25, 0.3) is 10.4 Å². The number of hydrogen-bond donors (Lipinski definition) is 1. The van der Waals surface area contributed by atoms with Gasteiger partial charge in [-0.3, -0.25) is 9.69 Å². The van der Waals surface area contributed by atoms with Gasteiger partial charge in [-0.25, -0.2) is 4.99 Å². The standard InChI is InChI=1S/C27H28N4OS/c1-26(2,3)20-11-9-18(10-12-20)23-24(32)31(5)25(29)30-27(23,4)22-14-13-21(33-22)19-8-6-7-17(15-19)16-28/h6-15,23H,1-5H3,(H2,29,30)/t23-,27+/m0/s1. The molecule has 0 fully saturated rings. The normalized spacial score (nSPS) is 21.0. The molecule has 0 saturated carbocycles. The van der Waals surface area contributed by atoms with Crippen molar-refractivity contribution in [3.05, 3.63) is 82.2 Å². The fourth-order valence-corrected chi connectivity index (χ4v) is 5.40. The zero-order chi connectivity index (χ0) is 24.0. The molecule has 0 bridgehead atoms. The Morgan fingerprint density at radius 1 is 1.12 bits per heavy atom. The van der Waals surface area contributed by atoms with Gasteiger partial charge in [0.1, 0.15) is 5.54 Å². The number of amides is 1. The topological polar surface area (TPSA) is 82.5 Å². The molecule has 2 atom stereocenters. The Labute approximate surface area is 199 Å². The van der Waals surface area contributed by atoms with E-state index in [1.165, 1.54) is 10.5 Å². The van der Waals surface area contributed by atoms with E-state index in [0.29, 0.717) is 5.56 Å². The van der Waals surface area contributed by atoms with Gasteiger partial charge in [0.15, 0.2) is 5.96 Å². The number of nitrogens with zero attached hydrogens (tertiary/aromatic N) is 3. The van der Waals surface area contributed by atoms with Crippen LogP contribution >= 0.6 is 11.3 Å². The minimum absolute atomic E-state index is 0.0262. The second-order valence-corrected chi connectivity index (χ2v) is 10.8. The van der Waals surface area contributed by atoms with Crippen LogP contribution in [0.1, 0.15) is 55.2 Å². The molecule has 2 heterocycles. The van der Waals surface area contributed by atoms with E-state index in [4.69, 9.17) is 10.7 Å². The highest BCUT2D eigenvalue weighted by Crippen LogP contribution is 2.47. The first-order chi connectivity index (χ1) is 15.5. The fourth-order valence-electron chi connectivity index (χ4n) is 4.27. The SMILES string of the molecule is CN1C(=O)[C@H](c2ccc(C(C)(C)C)cc2)[C@@](C)(c2ccc(-c3cccc(C#N)c3)s2)N=C1N. The van der Waals surface area contributed by atoms with Crippen LogP contribution in [0.15, 0.2) is 65.7 Å². The third-order valence-corrected chi connectivity index (χ3v) is 7.68. The molecular formula is C27H28N4OS. The van der Waals surface area contributed by atoms with Gasteiger partial charge in [-0.2, -0.15) is 5.26 Å². The lowest BCUT2D eigenvalue weighted by molar-refractivity contribution is -0.130. The summed E-state index contributed by atoms with van der Waals surface area (Å²) in [5.41, 5.74) is 9.08. The molecule has 0 radical (unpaired) electrons. The average Bonchev–Trinajstić information content (AvgIpc) is 3.29. The second kappa shape index (κ2) is 8.17. The molecule has 0 unspecified atom stereocenters. The number of hydrogen-bond acceptors (Lipinski definition) is 5. The number of carbonyl (C=O) groups is 1. The van der Waals surface area contributed by atoms with Crippen molar-refractivity contribution in [3.8, 4) is 16.5 Å². The molecule has 3 aromatic rings. The van der Waals surface area contributed by atoms with Crippen LogP contribution in [-0.4, -0.2) is 23.8 Å². The van der Waals surface area contributed by atoms with Crippen LogP contribution in [0.5, 0.6) is 0 Å². The molecule has 168 valence electrons. The van der Waals surface area contributed by atoms with Gasteiger partial charge in [0, 0.05) is 16.8 Å². The van der Waals surface area contributed by atoms with E-state index in [1.54, 1.807) is 24.5 Å². The van der Waals surface area contributed by atoms with Crippen molar-refractivity contribution >= 4 is 23.2 Å². The minimum Gasteiger partial charge on any atom is -0.369 e. The number of benzene rings is 2. The summed E-state index contributed by atoms with van der Waals surface area (Å²) in [6.07, 6.45) is 0. The Morgan fingerprint density at radius 3 is 2.45 bits per heavy atom. The van der Waals surface area contributed by atoms with Crippen molar-refractivity contribution in [1.29, 1.82) is 5.26 Å². The molecule has 1 aliphatic rings. The van der Waals surface area contributed by atoms with Gasteiger partial charge in [-0.15, -0.1) is 11.3 Å². The van der Waals surface area contributed by atoms with Gasteiger partial charge < -0.3 is 5.73 Å². The molecule has 4 rings (SSSR count). The van der Waals surface area contributed by atoms with Crippen molar-refractivity contribution in [2.75, 3.05) is 7.05 Å². The van der Waals surface area contributed by atoms with E-state index < -0.39 is 11.5 Å². The number of nitrogens with two attached hydrogens (primary N) is 1. The maximum absolute atomic E-state index is 13.5. The number of thiophene rings is 1. The van der Waals surface area contributed by atoms with Crippen LogP contribution in [0.3, 0.4) is 0 Å². The van der Waals surface area contributed by atoms with Crippen LogP contribution in [0.2, 0.25) is 0 Å². The summed E-state index contributed by atoms with van der Waals surface area (Å²) in [7, 11) is 1.67. The summed E-state index contributed by atoms with van der Waals surface area (Å²) in [5.74, 6) is -0.359. The van der Waals surface area contributed by atoms with Gasteiger partial charge in [-0.1, -0.05) is 57.2 Å². The summed E-state index contributed by atoms with van der Waals surface area (Å²) >= 11 is 1.58. The third kappa shape index (κ3) is 4.05. The Bertz CT molecular complexity index is 1280. The first-order valence-corrected chi connectivity index (χ1v) is 11.7. The van der Waals surface area contributed by atoms with E-state index in [0.717, 1.165) is 20.9 Å². The van der Waals surface area contributed by atoms with Crippen molar-refractivity contribution in [2.45, 2.75) is 44.6 Å². The lowest BCUT2D eigenvalue weighted by Gasteiger charge is -2.40. The number of nitriles is 1. The van der Waals surface area contributed by atoms with E-state index >= 15 is 0 Å². The molecule has 33 heavy (non-hydrogen) atoms. The number of rotatable bonds is 3. The molecule has 1 aliphatic heterocycles. The van der Waals surface area contributed by atoms with Gasteiger partial charge >= 0.3 is 0 Å². The summed E-state index contributed by atoms with van der Waals surface area (Å²) in [6.45, 7) is 8.50. The first kappa shape index (κ1) is 22.8. The highest BCUT2D eigenvalue weighted by molar-refractivity contribution is 7.15. The quantitative estimate of drug-likeness (QED) is 0.575. The van der Waals surface area contributed by atoms with E-state index in [2.05, 4.69) is 39.0 Å². The fraction of sp³-hybridized carbons (Fsp3) is 0.296. The molecule has 1 amide bonds.